The average molecular weight is 294 g/mol. The van der Waals surface area contributed by atoms with E-state index in [0.717, 1.165) is 11.8 Å². The molecule has 2 aromatic heterocycles. The summed E-state index contributed by atoms with van der Waals surface area (Å²) in [5.41, 5.74) is 1.11. The van der Waals surface area contributed by atoms with Gasteiger partial charge in [0.25, 0.3) is 0 Å². The molecule has 19 heavy (non-hydrogen) atoms. The molecule has 0 spiro atoms. The number of fused-ring (bicyclic) bond motifs is 1. The van der Waals surface area contributed by atoms with E-state index in [0.29, 0.717) is 6.54 Å². The van der Waals surface area contributed by atoms with Crippen molar-refractivity contribution in [2.24, 2.45) is 0 Å². The molecule has 0 fully saturated rings. The number of thiophene rings is 1. The van der Waals surface area contributed by atoms with Crippen LogP contribution >= 0.6 is 22.9 Å². The van der Waals surface area contributed by atoms with Crippen LogP contribution in [-0.2, 0) is 6.54 Å². The van der Waals surface area contributed by atoms with Gasteiger partial charge < -0.3 is 5.32 Å². The Morgan fingerprint density at radius 2 is 2.16 bits per heavy atom. The fourth-order valence-corrected chi connectivity index (χ4v) is 2.91. The predicted octanol–water partition coefficient (Wildman–Crippen LogP) is 4.10. The highest BCUT2D eigenvalue weighted by Gasteiger charge is 2.07. The molecule has 0 saturated carbocycles. The van der Waals surface area contributed by atoms with Gasteiger partial charge in [-0.05, 0) is 34.0 Å². The Morgan fingerprint density at radius 3 is 3.05 bits per heavy atom. The van der Waals surface area contributed by atoms with E-state index in [1.165, 1.54) is 10.1 Å². The number of anilines is 1. The molecule has 96 valence electrons. The van der Waals surface area contributed by atoms with Gasteiger partial charge in [-0.1, -0.05) is 18.2 Å². The Hall–Kier alpha value is -1.72. The lowest BCUT2D eigenvalue weighted by Crippen LogP contribution is -2.04. The summed E-state index contributed by atoms with van der Waals surface area (Å²) < 4.78 is 14.7. The summed E-state index contributed by atoms with van der Waals surface area (Å²) in [7, 11) is 0. The molecule has 0 unspecified atom stereocenters. The van der Waals surface area contributed by atoms with Crippen LogP contribution in [0.1, 0.15) is 5.56 Å². The van der Waals surface area contributed by atoms with E-state index in [2.05, 4.69) is 26.7 Å². The molecule has 1 aromatic carbocycles. The summed E-state index contributed by atoms with van der Waals surface area (Å²) in [5, 5.41) is 6.19. The van der Waals surface area contributed by atoms with Crippen LogP contribution in [0, 0.1) is 5.82 Å². The van der Waals surface area contributed by atoms with Crippen molar-refractivity contribution >= 4 is 38.8 Å². The molecule has 0 aliphatic heterocycles. The van der Waals surface area contributed by atoms with E-state index >= 15 is 0 Å². The van der Waals surface area contributed by atoms with Crippen LogP contribution in [0.15, 0.2) is 35.8 Å². The highest BCUT2D eigenvalue weighted by molar-refractivity contribution is 7.17. The van der Waals surface area contributed by atoms with E-state index in [-0.39, 0.29) is 11.1 Å². The summed E-state index contributed by atoms with van der Waals surface area (Å²) in [6, 6.07) is 8.10. The second kappa shape index (κ2) is 5.11. The molecule has 3 rings (SSSR count). The third-order valence-electron chi connectivity index (χ3n) is 2.72. The Bertz CT molecular complexity index is 729. The van der Waals surface area contributed by atoms with Gasteiger partial charge in [-0.2, -0.15) is 4.98 Å². The Morgan fingerprint density at radius 1 is 1.32 bits per heavy atom. The lowest BCUT2D eigenvalue weighted by Gasteiger charge is -2.05. The number of benzene rings is 1. The van der Waals surface area contributed by atoms with Crippen LogP contribution in [0.5, 0.6) is 0 Å². The minimum atomic E-state index is -0.510. The van der Waals surface area contributed by atoms with Gasteiger partial charge in [-0.15, -0.1) is 11.3 Å². The van der Waals surface area contributed by atoms with Crippen LogP contribution in [0.2, 0.25) is 5.28 Å². The first-order valence-electron chi connectivity index (χ1n) is 5.61. The molecule has 0 saturated heterocycles. The van der Waals surface area contributed by atoms with E-state index in [1.807, 2.05) is 18.2 Å². The molecule has 0 bridgehead atoms. The number of hydrogen-bond donors (Lipinski definition) is 1. The molecule has 0 aliphatic carbocycles. The maximum Gasteiger partial charge on any atom is 0.224 e. The standard InChI is InChI=1S/C13H9ClFN3S/c14-13-17-6-10(15)12(18-13)16-5-8-7-19-11-4-2-1-3-9(8)11/h1-4,6-7H,5H2,(H,16,17,18). The SMILES string of the molecule is Fc1cnc(Cl)nc1NCc1csc2ccccc12. The van der Waals surface area contributed by atoms with Crippen molar-refractivity contribution in [2.45, 2.75) is 6.54 Å². The van der Waals surface area contributed by atoms with E-state index in [1.54, 1.807) is 11.3 Å². The maximum atomic E-state index is 13.5. The summed E-state index contributed by atoms with van der Waals surface area (Å²) in [6.45, 7) is 0.494. The smallest absolute Gasteiger partial charge is 0.224 e. The third-order valence-corrected chi connectivity index (χ3v) is 3.92. The number of nitrogens with zero attached hydrogens (tertiary/aromatic N) is 2. The summed E-state index contributed by atoms with van der Waals surface area (Å²) in [5.74, 6) is -0.390. The van der Waals surface area contributed by atoms with Crippen molar-refractivity contribution < 1.29 is 4.39 Å². The van der Waals surface area contributed by atoms with Crippen LogP contribution in [0.3, 0.4) is 0 Å². The van der Waals surface area contributed by atoms with Crippen molar-refractivity contribution in [1.82, 2.24) is 9.97 Å². The molecular formula is C13H9ClFN3S. The Labute approximate surface area is 118 Å². The molecule has 3 nitrogen and oxygen atoms in total. The van der Waals surface area contributed by atoms with E-state index < -0.39 is 5.82 Å². The zero-order valence-electron chi connectivity index (χ0n) is 9.73. The van der Waals surface area contributed by atoms with Gasteiger partial charge in [0, 0.05) is 11.2 Å². The highest BCUT2D eigenvalue weighted by Crippen LogP contribution is 2.26. The van der Waals surface area contributed by atoms with Crippen molar-refractivity contribution in [3.63, 3.8) is 0 Å². The first kappa shape index (κ1) is 12.3. The van der Waals surface area contributed by atoms with Crippen molar-refractivity contribution in [2.75, 3.05) is 5.32 Å². The van der Waals surface area contributed by atoms with Crippen molar-refractivity contribution in [3.05, 3.63) is 52.5 Å². The molecule has 0 radical (unpaired) electrons. The van der Waals surface area contributed by atoms with Gasteiger partial charge in [0.05, 0.1) is 6.20 Å². The predicted molar refractivity (Wildman–Crippen MR) is 76.2 cm³/mol. The highest BCUT2D eigenvalue weighted by atomic mass is 35.5. The Balaban J connectivity index is 1.84. The average Bonchev–Trinajstić information content (AvgIpc) is 2.83. The Kier molecular flexibility index (Phi) is 3.31. The molecule has 0 aliphatic rings. The molecule has 1 N–H and O–H groups in total. The minimum Gasteiger partial charge on any atom is -0.363 e. The summed E-state index contributed by atoms with van der Waals surface area (Å²) in [4.78, 5) is 7.40. The van der Waals surface area contributed by atoms with Gasteiger partial charge in [0.15, 0.2) is 11.6 Å². The normalized spacial score (nSPS) is 10.8. The monoisotopic (exact) mass is 293 g/mol. The molecule has 0 atom stereocenters. The fraction of sp³-hybridized carbons (Fsp3) is 0.0769. The van der Waals surface area contributed by atoms with Crippen LogP contribution in [0.25, 0.3) is 10.1 Å². The molecule has 0 amide bonds. The van der Waals surface area contributed by atoms with Crippen molar-refractivity contribution in [1.29, 1.82) is 0 Å². The number of hydrogen-bond acceptors (Lipinski definition) is 4. The van der Waals surface area contributed by atoms with Crippen LogP contribution < -0.4 is 5.32 Å². The number of aromatic nitrogens is 2. The van der Waals surface area contributed by atoms with Gasteiger partial charge in [0.1, 0.15) is 0 Å². The van der Waals surface area contributed by atoms with E-state index in [4.69, 9.17) is 11.6 Å². The van der Waals surface area contributed by atoms with Gasteiger partial charge >= 0.3 is 0 Å². The molecule has 2 heterocycles. The number of nitrogens with one attached hydrogen (secondary N) is 1. The first-order chi connectivity index (χ1) is 9.24. The zero-order chi connectivity index (χ0) is 13.2. The number of halogens is 2. The van der Waals surface area contributed by atoms with E-state index in [9.17, 15) is 4.39 Å². The zero-order valence-corrected chi connectivity index (χ0v) is 11.3. The molecule has 3 aromatic rings. The van der Waals surface area contributed by atoms with Gasteiger partial charge in [-0.25, -0.2) is 9.37 Å². The second-order valence-corrected chi connectivity index (χ2v) is 5.20. The van der Waals surface area contributed by atoms with Gasteiger partial charge in [-0.3, -0.25) is 0 Å². The first-order valence-corrected chi connectivity index (χ1v) is 6.87. The van der Waals surface area contributed by atoms with Crippen molar-refractivity contribution in [3.8, 4) is 0 Å². The lowest BCUT2D eigenvalue weighted by molar-refractivity contribution is 0.616. The van der Waals surface area contributed by atoms with Crippen LogP contribution in [-0.4, -0.2) is 9.97 Å². The quantitative estimate of drug-likeness (QED) is 0.739. The largest absolute Gasteiger partial charge is 0.363 e. The molecule has 6 heteroatoms. The second-order valence-electron chi connectivity index (χ2n) is 3.95. The van der Waals surface area contributed by atoms with Gasteiger partial charge in [0.2, 0.25) is 5.28 Å². The molecular weight excluding hydrogens is 285 g/mol. The maximum absolute atomic E-state index is 13.5. The van der Waals surface area contributed by atoms with Crippen LogP contribution in [0.4, 0.5) is 10.2 Å². The third kappa shape index (κ3) is 2.52. The fourth-order valence-electron chi connectivity index (χ4n) is 1.82. The number of rotatable bonds is 3. The lowest BCUT2D eigenvalue weighted by atomic mass is 10.2. The summed E-state index contributed by atoms with van der Waals surface area (Å²) in [6.07, 6.45) is 1.06. The topological polar surface area (TPSA) is 37.8 Å². The minimum absolute atomic E-state index is 0.0269. The summed E-state index contributed by atoms with van der Waals surface area (Å²) >= 11 is 7.31.